The number of fused-ring (bicyclic) bond motifs is 1. The fourth-order valence-electron chi connectivity index (χ4n) is 2.97. The van der Waals surface area contributed by atoms with Crippen LogP contribution < -0.4 is 4.74 Å². The molecule has 128 valence electrons. The van der Waals surface area contributed by atoms with Gasteiger partial charge in [-0.05, 0) is 48.9 Å². The molecular weight excluding hydrogens is 324 g/mol. The number of para-hydroxylation sites is 2. The van der Waals surface area contributed by atoms with Gasteiger partial charge in [0.05, 0.1) is 11.0 Å². The van der Waals surface area contributed by atoms with Crippen LogP contribution in [0.25, 0.3) is 11.0 Å². The van der Waals surface area contributed by atoms with Crippen molar-refractivity contribution in [3.63, 3.8) is 0 Å². The van der Waals surface area contributed by atoms with E-state index in [1.165, 1.54) is 0 Å². The van der Waals surface area contributed by atoms with E-state index in [0.29, 0.717) is 18.0 Å². The largest absolute Gasteiger partial charge is 0.489 e. The quantitative estimate of drug-likeness (QED) is 0.544. The molecule has 0 bridgehead atoms. The van der Waals surface area contributed by atoms with Crippen molar-refractivity contribution in [1.82, 2.24) is 9.55 Å². The Morgan fingerprint density at radius 2 is 1.62 bits per heavy atom. The Hall–Kier alpha value is -3.40. The lowest BCUT2D eigenvalue weighted by atomic mass is 10.2. The second-order valence-electron chi connectivity index (χ2n) is 6.09. The van der Waals surface area contributed by atoms with Crippen LogP contribution in [0.1, 0.15) is 21.7 Å². The van der Waals surface area contributed by atoms with Crippen molar-refractivity contribution in [3.8, 4) is 5.75 Å². The third-order valence-electron chi connectivity index (χ3n) is 4.28. The van der Waals surface area contributed by atoms with Gasteiger partial charge in [-0.25, -0.2) is 4.98 Å². The number of hydrogen-bond donors (Lipinski definition) is 0. The molecule has 4 rings (SSSR count). The van der Waals surface area contributed by atoms with E-state index >= 15 is 0 Å². The van der Waals surface area contributed by atoms with Crippen molar-refractivity contribution in [2.45, 2.75) is 13.5 Å². The zero-order chi connectivity index (χ0) is 17.9. The smallest absolute Gasteiger partial charge is 0.263 e. The van der Waals surface area contributed by atoms with E-state index < -0.39 is 0 Å². The zero-order valence-electron chi connectivity index (χ0n) is 14.4. The normalized spacial score (nSPS) is 10.8. The molecule has 0 fully saturated rings. The molecule has 4 heteroatoms. The predicted octanol–water partition coefficient (Wildman–Crippen LogP) is 4.61. The first-order chi connectivity index (χ1) is 12.7. The Morgan fingerprint density at radius 1 is 0.923 bits per heavy atom. The highest BCUT2D eigenvalue weighted by molar-refractivity contribution is 6.01. The van der Waals surface area contributed by atoms with E-state index in [1.54, 1.807) is 16.7 Å². The second kappa shape index (κ2) is 6.84. The average molecular weight is 342 g/mol. The van der Waals surface area contributed by atoms with Crippen molar-refractivity contribution < 1.29 is 9.53 Å². The summed E-state index contributed by atoms with van der Waals surface area (Å²) in [5.41, 5.74) is 3.34. The number of aryl methyl sites for hydroxylation is 1. The van der Waals surface area contributed by atoms with Crippen LogP contribution in [0.2, 0.25) is 0 Å². The lowest BCUT2D eigenvalue weighted by molar-refractivity contribution is 0.0962. The molecule has 0 saturated carbocycles. The monoisotopic (exact) mass is 342 g/mol. The lowest BCUT2D eigenvalue weighted by Crippen LogP contribution is -2.13. The van der Waals surface area contributed by atoms with Gasteiger partial charge in [0.1, 0.15) is 18.2 Å². The fourth-order valence-corrected chi connectivity index (χ4v) is 2.97. The Balaban J connectivity index is 1.54. The highest BCUT2D eigenvalue weighted by atomic mass is 16.5. The molecule has 0 N–H and O–H groups in total. The standard InChI is InChI=1S/C22H18N2O2/c1-16-23-20-9-5-6-10-21(20)24(16)22(25)18-11-13-19(14-12-18)26-15-17-7-3-2-4-8-17/h2-14H,15H2,1H3. The summed E-state index contributed by atoms with van der Waals surface area (Å²) in [6, 6.07) is 24.9. The maximum Gasteiger partial charge on any atom is 0.263 e. The van der Waals surface area contributed by atoms with Crippen LogP contribution in [0.15, 0.2) is 78.9 Å². The van der Waals surface area contributed by atoms with Gasteiger partial charge in [0.15, 0.2) is 0 Å². The van der Waals surface area contributed by atoms with E-state index in [2.05, 4.69) is 4.98 Å². The highest BCUT2D eigenvalue weighted by Crippen LogP contribution is 2.19. The molecule has 4 aromatic rings. The van der Waals surface area contributed by atoms with Gasteiger partial charge in [-0.3, -0.25) is 9.36 Å². The maximum atomic E-state index is 12.9. The molecule has 1 aromatic heterocycles. The van der Waals surface area contributed by atoms with E-state index in [0.717, 1.165) is 22.3 Å². The van der Waals surface area contributed by atoms with Gasteiger partial charge >= 0.3 is 0 Å². The minimum atomic E-state index is -0.0918. The van der Waals surface area contributed by atoms with Crippen molar-refractivity contribution in [2.75, 3.05) is 0 Å². The number of carbonyl (C=O) groups is 1. The molecule has 0 radical (unpaired) electrons. The minimum Gasteiger partial charge on any atom is -0.489 e. The summed E-state index contributed by atoms with van der Waals surface area (Å²) in [6.07, 6.45) is 0. The lowest BCUT2D eigenvalue weighted by Gasteiger charge is -2.08. The van der Waals surface area contributed by atoms with Crippen LogP contribution in [0.4, 0.5) is 0 Å². The Bertz CT molecular complexity index is 1050. The topological polar surface area (TPSA) is 44.1 Å². The van der Waals surface area contributed by atoms with Gasteiger partial charge in [0.25, 0.3) is 5.91 Å². The van der Waals surface area contributed by atoms with Gasteiger partial charge in [-0.2, -0.15) is 0 Å². The minimum absolute atomic E-state index is 0.0918. The first-order valence-corrected chi connectivity index (χ1v) is 8.48. The van der Waals surface area contributed by atoms with Crippen molar-refractivity contribution in [3.05, 3.63) is 95.8 Å². The molecule has 26 heavy (non-hydrogen) atoms. The summed E-state index contributed by atoms with van der Waals surface area (Å²) in [5, 5.41) is 0. The van der Waals surface area contributed by atoms with Gasteiger partial charge in [0.2, 0.25) is 0 Å². The highest BCUT2D eigenvalue weighted by Gasteiger charge is 2.15. The third kappa shape index (κ3) is 3.09. The number of imidazole rings is 1. The summed E-state index contributed by atoms with van der Waals surface area (Å²) >= 11 is 0. The van der Waals surface area contributed by atoms with E-state index in [-0.39, 0.29) is 5.91 Å². The van der Waals surface area contributed by atoms with Crippen LogP contribution in [-0.2, 0) is 6.61 Å². The predicted molar refractivity (Wildman–Crippen MR) is 101 cm³/mol. The van der Waals surface area contributed by atoms with Crippen LogP contribution in [0.5, 0.6) is 5.75 Å². The second-order valence-corrected chi connectivity index (χ2v) is 6.09. The van der Waals surface area contributed by atoms with Gasteiger partial charge in [0, 0.05) is 5.56 Å². The summed E-state index contributed by atoms with van der Waals surface area (Å²) < 4.78 is 7.43. The van der Waals surface area contributed by atoms with E-state index in [4.69, 9.17) is 4.74 Å². The van der Waals surface area contributed by atoms with Crippen molar-refractivity contribution in [2.24, 2.45) is 0 Å². The van der Waals surface area contributed by atoms with Gasteiger partial charge < -0.3 is 4.74 Å². The molecule has 0 aliphatic heterocycles. The van der Waals surface area contributed by atoms with E-state index in [1.807, 2.05) is 73.7 Å². The SMILES string of the molecule is Cc1nc2ccccc2n1C(=O)c1ccc(OCc2ccccc2)cc1. The number of carbonyl (C=O) groups excluding carboxylic acids is 1. The molecule has 3 aromatic carbocycles. The number of nitrogens with zero attached hydrogens (tertiary/aromatic N) is 2. The molecule has 0 unspecified atom stereocenters. The number of aromatic nitrogens is 2. The molecule has 1 heterocycles. The number of ether oxygens (including phenoxy) is 1. The molecular formula is C22H18N2O2. The van der Waals surface area contributed by atoms with Crippen LogP contribution in [-0.4, -0.2) is 15.5 Å². The summed E-state index contributed by atoms with van der Waals surface area (Å²) in [4.78, 5) is 17.4. The number of benzene rings is 3. The average Bonchev–Trinajstić information content (AvgIpc) is 3.03. The summed E-state index contributed by atoms with van der Waals surface area (Å²) in [7, 11) is 0. The molecule has 0 spiro atoms. The summed E-state index contributed by atoms with van der Waals surface area (Å²) in [6.45, 7) is 2.34. The summed E-state index contributed by atoms with van der Waals surface area (Å²) in [5.74, 6) is 1.32. The Morgan fingerprint density at radius 3 is 2.38 bits per heavy atom. The molecule has 4 nitrogen and oxygen atoms in total. The number of rotatable bonds is 4. The van der Waals surface area contributed by atoms with Crippen molar-refractivity contribution in [1.29, 1.82) is 0 Å². The molecule has 0 saturated heterocycles. The van der Waals surface area contributed by atoms with Crippen LogP contribution in [0, 0.1) is 6.92 Å². The van der Waals surface area contributed by atoms with Crippen molar-refractivity contribution >= 4 is 16.9 Å². The van der Waals surface area contributed by atoms with Crippen LogP contribution >= 0.6 is 0 Å². The maximum absolute atomic E-state index is 12.9. The Labute approximate surface area is 151 Å². The Kier molecular flexibility index (Phi) is 4.23. The van der Waals surface area contributed by atoms with Gasteiger partial charge in [-0.1, -0.05) is 42.5 Å². The first kappa shape index (κ1) is 16.1. The molecule has 0 amide bonds. The molecule has 0 aliphatic rings. The zero-order valence-corrected chi connectivity index (χ0v) is 14.4. The fraction of sp³-hybridized carbons (Fsp3) is 0.0909. The molecule has 0 atom stereocenters. The van der Waals surface area contributed by atoms with Crippen LogP contribution in [0.3, 0.4) is 0 Å². The van der Waals surface area contributed by atoms with E-state index in [9.17, 15) is 4.79 Å². The molecule has 0 aliphatic carbocycles. The first-order valence-electron chi connectivity index (χ1n) is 8.48. The number of hydrogen-bond acceptors (Lipinski definition) is 3. The van der Waals surface area contributed by atoms with Gasteiger partial charge in [-0.15, -0.1) is 0 Å². The third-order valence-corrected chi connectivity index (χ3v) is 4.28.